The van der Waals surface area contributed by atoms with Gasteiger partial charge in [-0.05, 0) is 59.8 Å². The van der Waals surface area contributed by atoms with Gasteiger partial charge in [0, 0.05) is 29.6 Å². The molecule has 116 valence electrons. The van der Waals surface area contributed by atoms with Gasteiger partial charge in [-0.25, -0.2) is 0 Å². The molecular weight excluding hydrogens is 324 g/mol. The molecule has 0 aliphatic carbocycles. The van der Waals surface area contributed by atoms with Crippen molar-refractivity contribution >= 4 is 21.6 Å². The van der Waals surface area contributed by atoms with Crippen LogP contribution in [-0.2, 0) is 0 Å². The largest absolute Gasteiger partial charge is 0.365 e. The molecule has 2 unspecified atom stereocenters. The van der Waals surface area contributed by atoms with Crippen LogP contribution in [0, 0.1) is 12.8 Å². The highest BCUT2D eigenvalue weighted by atomic mass is 79.9. The molecule has 2 heterocycles. The van der Waals surface area contributed by atoms with Crippen molar-refractivity contribution in [1.82, 2.24) is 4.90 Å². The highest BCUT2D eigenvalue weighted by molar-refractivity contribution is 9.10. The fourth-order valence-corrected chi connectivity index (χ4v) is 4.40. The van der Waals surface area contributed by atoms with E-state index in [0.717, 1.165) is 6.04 Å². The van der Waals surface area contributed by atoms with Crippen molar-refractivity contribution in [2.75, 3.05) is 24.5 Å². The maximum Gasteiger partial charge on any atom is 0.0516 e. The van der Waals surface area contributed by atoms with Crippen LogP contribution in [0.1, 0.15) is 38.7 Å². The lowest BCUT2D eigenvalue weighted by molar-refractivity contribution is 0.100. The van der Waals surface area contributed by atoms with E-state index in [-0.39, 0.29) is 0 Å². The first-order valence-corrected chi connectivity index (χ1v) is 9.13. The van der Waals surface area contributed by atoms with Gasteiger partial charge < -0.3 is 4.90 Å². The minimum atomic E-state index is 0.623. The third kappa shape index (κ3) is 3.00. The highest BCUT2D eigenvalue weighted by Gasteiger charge is 2.36. The van der Waals surface area contributed by atoms with Gasteiger partial charge in [0.1, 0.15) is 0 Å². The molecule has 1 aromatic rings. The van der Waals surface area contributed by atoms with Crippen molar-refractivity contribution < 1.29 is 0 Å². The standard InChI is InChI=1S/C18H27BrN2/c1-13(2)17-12-20-10-5-4-8-15(20)11-21(17)16-9-6-7-14(3)18(16)19/h6-7,9,13,15,17H,4-5,8,10-12H2,1-3H3. The summed E-state index contributed by atoms with van der Waals surface area (Å²) in [7, 11) is 0. The van der Waals surface area contributed by atoms with E-state index in [2.05, 4.69) is 64.7 Å². The first-order chi connectivity index (χ1) is 10.1. The number of hydrogen-bond acceptors (Lipinski definition) is 2. The number of benzene rings is 1. The van der Waals surface area contributed by atoms with E-state index >= 15 is 0 Å². The van der Waals surface area contributed by atoms with Crippen LogP contribution in [0.25, 0.3) is 0 Å². The molecule has 3 rings (SSSR count). The number of piperazine rings is 1. The topological polar surface area (TPSA) is 6.48 Å². The van der Waals surface area contributed by atoms with Crippen LogP contribution in [0.4, 0.5) is 5.69 Å². The van der Waals surface area contributed by atoms with Crippen LogP contribution in [-0.4, -0.2) is 36.6 Å². The lowest BCUT2D eigenvalue weighted by Crippen LogP contribution is -2.61. The van der Waals surface area contributed by atoms with Crippen molar-refractivity contribution in [2.45, 2.75) is 52.1 Å². The number of rotatable bonds is 2. The van der Waals surface area contributed by atoms with Crippen molar-refractivity contribution in [1.29, 1.82) is 0 Å². The number of fused-ring (bicyclic) bond motifs is 1. The summed E-state index contributed by atoms with van der Waals surface area (Å²) in [6, 6.07) is 8.04. The summed E-state index contributed by atoms with van der Waals surface area (Å²) in [5.74, 6) is 0.681. The van der Waals surface area contributed by atoms with E-state index in [9.17, 15) is 0 Å². The maximum absolute atomic E-state index is 3.83. The molecule has 0 radical (unpaired) electrons. The molecule has 2 aliphatic rings. The predicted molar refractivity (Wildman–Crippen MR) is 94.1 cm³/mol. The zero-order valence-corrected chi connectivity index (χ0v) is 15.1. The SMILES string of the molecule is Cc1cccc(N2CC3CCCCN3CC2C(C)C)c1Br. The summed E-state index contributed by atoms with van der Waals surface area (Å²) in [4.78, 5) is 5.42. The Bertz CT molecular complexity index is 500. The number of hydrogen-bond donors (Lipinski definition) is 0. The zero-order chi connectivity index (χ0) is 15.0. The summed E-state index contributed by atoms with van der Waals surface area (Å²) < 4.78 is 1.28. The van der Waals surface area contributed by atoms with Crippen LogP contribution >= 0.6 is 15.9 Å². The normalized spacial score (nSPS) is 27.0. The van der Waals surface area contributed by atoms with E-state index in [0.29, 0.717) is 12.0 Å². The minimum Gasteiger partial charge on any atom is -0.365 e. The molecule has 3 heteroatoms. The Balaban J connectivity index is 1.92. The molecule has 2 fully saturated rings. The Morgan fingerprint density at radius 1 is 1.19 bits per heavy atom. The lowest BCUT2D eigenvalue weighted by atomic mass is 9.91. The molecule has 2 atom stereocenters. The van der Waals surface area contributed by atoms with Gasteiger partial charge in [0.2, 0.25) is 0 Å². The third-order valence-electron chi connectivity index (χ3n) is 5.23. The number of anilines is 1. The number of halogens is 1. The van der Waals surface area contributed by atoms with Gasteiger partial charge >= 0.3 is 0 Å². The summed E-state index contributed by atoms with van der Waals surface area (Å²) in [6.45, 7) is 10.6. The van der Waals surface area contributed by atoms with E-state index in [1.807, 2.05) is 0 Å². The van der Waals surface area contributed by atoms with E-state index in [1.54, 1.807) is 0 Å². The van der Waals surface area contributed by atoms with Crippen LogP contribution < -0.4 is 4.90 Å². The molecular formula is C18H27BrN2. The van der Waals surface area contributed by atoms with Gasteiger partial charge in [0.15, 0.2) is 0 Å². The molecule has 2 aliphatic heterocycles. The molecule has 21 heavy (non-hydrogen) atoms. The Morgan fingerprint density at radius 3 is 2.76 bits per heavy atom. The van der Waals surface area contributed by atoms with Crippen LogP contribution in [0.2, 0.25) is 0 Å². The van der Waals surface area contributed by atoms with Crippen molar-refractivity contribution in [3.63, 3.8) is 0 Å². The number of piperidine rings is 1. The minimum absolute atomic E-state index is 0.623. The van der Waals surface area contributed by atoms with Crippen molar-refractivity contribution in [3.05, 3.63) is 28.2 Å². The monoisotopic (exact) mass is 350 g/mol. The first kappa shape index (κ1) is 15.4. The van der Waals surface area contributed by atoms with Gasteiger partial charge in [-0.15, -0.1) is 0 Å². The van der Waals surface area contributed by atoms with E-state index < -0.39 is 0 Å². The quantitative estimate of drug-likeness (QED) is 0.776. The fourth-order valence-electron chi connectivity index (χ4n) is 3.91. The van der Waals surface area contributed by atoms with Crippen LogP contribution in [0.5, 0.6) is 0 Å². The molecule has 0 N–H and O–H groups in total. The van der Waals surface area contributed by atoms with E-state index in [1.165, 1.54) is 54.6 Å². The molecule has 0 bridgehead atoms. The van der Waals surface area contributed by atoms with Gasteiger partial charge in [0.05, 0.1) is 5.69 Å². The zero-order valence-electron chi connectivity index (χ0n) is 13.5. The maximum atomic E-state index is 3.83. The van der Waals surface area contributed by atoms with Gasteiger partial charge in [-0.1, -0.05) is 32.4 Å². The summed E-state index contributed by atoms with van der Waals surface area (Å²) in [5.41, 5.74) is 2.72. The van der Waals surface area contributed by atoms with Crippen LogP contribution in [0.3, 0.4) is 0 Å². The first-order valence-electron chi connectivity index (χ1n) is 8.33. The molecule has 0 spiro atoms. The van der Waals surface area contributed by atoms with Gasteiger partial charge in [-0.2, -0.15) is 0 Å². The van der Waals surface area contributed by atoms with E-state index in [4.69, 9.17) is 0 Å². The van der Waals surface area contributed by atoms with Crippen LogP contribution in [0.15, 0.2) is 22.7 Å². The van der Waals surface area contributed by atoms with Gasteiger partial charge in [-0.3, -0.25) is 4.90 Å². The molecule has 0 saturated carbocycles. The smallest absolute Gasteiger partial charge is 0.0516 e. The third-order valence-corrected chi connectivity index (χ3v) is 6.26. The summed E-state index contributed by atoms with van der Waals surface area (Å²) >= 11 is 3.83. The van der Waals surface area contributed by atoms with Crippen molar-refractivity contribution in [2.24, 2.45) is 5.92 Å². The second-order valence-corrected chi connectivity index (χ2v) is 7.81. The Hall–Kier alpha value is -0.540. The molecule has 0 aromatic heterocycles. The Kier molecular flexibility index (Phi) is 4.60. The Morgan fingerprint density at radius 2 is 2.00 bits per heavy atom. The molecule has 1 aromatic carbocycles. The average Bonchev–Trinajstić information content (AvgIpc) is 2.48. The number of aryl methyl sites for hydroxylation is 1. The average molecular weight is 351 g/mol. The lowest BCUT2D eigenvalue weighted by Gasteiger charge is -2.51. The molecule has 0 amide bonds. The summed E-state index contributed by atoms with van der Waals surface area (Å²) in [5, 5.41) is 0. The predicted octanol–water partition coefficient (Wildman–Crippen LogP) is 4.46. The molecule has 2 nitrogen and oxygen atoms in total. The Labute approximate surface area is 137 Å². The van der Waals surface area contributed by atoms with Gasteiger partial charge in [0.25, 0.3) is 0 Å². The molecule has 2 saturated heterocycles. The number of nitrogens with zero attached hydrogens (tertiary/aromatic N) is 2. The summed E-state index contributed by atoms with van der Waals surface area (Å²) in [6.07, 6.45) is 4.15. The second kappa shape index (κ2) is 6.29. The second-order valence-electron chi connectivity index (χ2n) is 7.02. The fraction of sp³-hybridized carbons (Fsp3) is 0.667. The highest BCUT2D eigenvalue weighted by Crippen LogP contribution is 2.36. The van der Waals surface area contributed by atoms with Crippen molar-refractivity contribution in [3.8, 4) is 0 Å².